The molecule has 1 unspecified atom stereocenters. The smallest absolute Gasteiger partial charge is 0.346 e. The molecule has 2 aliphatic carbocycles. The maximum Gasteiger partial charge on any atom is 0.346 e. The molecule has 0 aromatic rings. The summed E-state index contributed by atoms with van der Waals surface area (Å²) >= 11 is 0. The average Bonchev–Trinajstić information content (AvgIpc) is 2.94. The van der Waals surface area contributed by atoms with E-state index in [1.54, 1.807) is 0 Å². The molecule has 0 aromatic heterocycles. The van der Waals surface area contributed by atoms with Gasteiger partial charge in [0.1, 0.15) is 5.84 Å². The highest BCUT2D eigenvalue weighted by molar-refractivity contribution is 6.03. The number of hydrogen-bond donors (Lipinski definition) is 1. The fourth-order valence-corrected chi connectivity index (χ4v) is 2.11. The third-order valence-corrected chi connectivity index (χ3v) is 3.06. The summed E-state index contributed by atoms with van der Waals surface area (Å²) in [5, 5.41) is 0. The van der Waals surface area contributed by atoms with E-state index in [9.17, 15) is 4.79 Å². The van der Waals surface area contributed by atoms with Gasteiger partial charge in [-0.1, -0.05) is 0 Å². The third-order valence-electron chi connectivity index (χ3n) is 3.06. The Bertz CT molecular complexity index is 291. The Hall–Kier alpha value is -1.06. The first kappa shape index (κ1) is 7.35. The number of nitrogens with two attached hydrogens (primary N) is 1. The molecule has 0 radical (unpaired) electrons. The molecule has 2 amide bonds. The number of carbonyl (C=O) groups is 1. The number of amides is 2. The van der Waals surface area contributed by atoms with Gasteiger partial charge in [0.15, 0.2) is 0 Å². The van der Waals surface area contributed by atoms with Crippen LogP contribution < -0.4 is 5.73 Å². The Kier molecular flexibility index (Phi) is 1.27. The Labute approximate surface area is 76.8 Å². The van der Waals surface area contributed by atoms with Crippen molar-refractivity contribution in [2.75, 3.05) is 0 Å². The van der Waals surface area contributed by atoms with E-state index >= 15 is 0 Å². The van der Waals surface area contributed by atoms with Gasteiger partial charge < -0.3 is 10.6 Å². The lowest BCUT2D eigenvalue weighted by Gasteiger charge is -2.23. The molecule has 4 heteroatoms. The summed E-state index contributed by atoms with van der Waals surface area (Å²) in [6, 6.07) is 0.500. The molecular weight excluding hydrogens is 166 g/mol. The molecule has 13 heavy (non-hydrogen) atoms. The SMILES string of the molecule is NC1=NC(=O)N(C2CC2)C1C1CC1. The van der Waals surface area contributed by atoms with Gasteiger partial charge in [-0.25, -0.2) is 4.79 Å². The van der Waals surface area contributed by atoms with Gasteiger partial charge in [0.05, 0.1) is 6.04 Å². The molecule has 2 saturated carbocycles. The van der Waals surface area contributed by atoms with Crippen molar-refractivity contribution >= 4 is 11.9 Å². The van der Waals surface area contributed by atoms with Crippen LogP contribution in [0.4, 0.5) is 4.79 Å². The second kappa shape index (κ2) is 2.25. The zero-order valence-electron chi connectivity index (χ0n) is 7.44. The molecule has 3 aliphatic rings. The van der Waals surface area contributed by atoms with Gasteiger partial charge in [-0.2, -0.15) is 4.99 Å². The van der Waals surface area contributed by atoms with Crippen molar-refractivity contribution in [3.8, 4) is 0 Å². The second-order valence-electron chi connectivity index (χ2n) is 4.24. The molecule has 0 spiro atoms. The summed E-state index contributed by atoms with van der Waals surface area (Å²) < 4.78 is 0. The van der Waals surface area contributed by atoms with Crippen molar-refractivity contribution in [3.63, 3.8) is 0 Å². The van der Waals surface area contributed by atoms with Crippen LogP contribution in [0.15, 0.2) is 4.99 Å². The number of hydrogen-bond acceptors (Lipinski definition) is 2. The van der Waals surface area contributed by atoms with E-state index in [0.717, 1.165) is 12.8 Å². The van der Waals surface area contributed by atoms with Crippen LogP contribution in [0.25, 0.3) is 0 Å². The quantitative estimate of drug-likeness (QED) is 0.679. The highest BCUT2D eigenvalue weighted by Crippen LogP contribution is 2.42. The van der Waals surface area contributed by atoms with Gasteiger partial charge in [0, 0.05) is 6.04 Å². The van der Waals surface area contributed by atoms with E-state index in [1.807, 2.05) is 4.90 Å². The standard InChI is InChI=1S/C9H13N3O/c10-8-7(5-1-2-5)12(6-3-4-6)9(13)11-8/h5-7H,1-4H2,(H2,10,11,13). The molecule has 0 aromatic carbocycles. The van der Waals surface area contributed by atoms with Crippen LogP contribution in [-0.2, 0) is 0 Å². The molecule has 1 aliphatic heterocycles. The van der Waals surface area contributed by atoms with Crippen LogP contribution in [0.2, 0.25) is 0 Å². The largest absolute Gasteiger partial charge is 0.385 e. The molecular formula is C9H13N3O. The molecule has 1 atom stereocenters. The van der Waals surface area contributed by atoms with Crippen molar-refractivity contribution in [2.24, 2.45) is 16.6 Å². The van der Waals surface area contributed by atoms with Crippen LogP contribution in [0.1, 0.15) is 25.7 Å². The Balaban J connectivity index is 1.87. The van der Waals surface area contributed by atoms with Gasteiger partial charge in [-0.15, -0.1) is 0 Å². The topological polar surface area (TPSA) is 58.7 Å². The summed E-state index contributed by atoms with van der Waals surface area (Å²) in [6.07, 6.45) is 4.68. The first-order valence-corrected chi connectivity index (χ1v) is 4.94. The van der Waals surface area contributed by atoms with Gasteiger partial charge in [0.25, 0.3) is 0 Å². The molecule has 0 bridgehead atoms. The van der Waals surface area contributed by atoms with Crippen molar-refractivity contribution in [1.29, 1.82) is 0 Å². The number of urea groups is 1. The lowest BCUT2D eigenvalue weighted by atomic mass is 10.1. The minimum Gasteiger partial charge on any atom is -0.385 e. The first-order valence-electron chi connectivity index (χ1n) is 4.94. The molecule has 2 fully saturated rings. The molecule has 70 valence electrons. The van der Waals surface area contributed by atoms with Crippen LogP contribution >= 0.6 is 0 Å². The van der Waals surface area contributed by atoms with E-state index in [0.29, 0.717) is 17.8 Å². The lowest BCUT2D eigenvalue weighted by molar-refractivity contribution is 0.198. The Morgan fingerprint density at radius 1 is 1.31 bits per heavy atom. The number of nitrogens with zero attached hydrogens (tertiary/aromatic N) is 2. The van der Waals surface area contributed by atoms with E-state index in [4.69, 9.17) is 5.73 Å². The lowest BCUT2D eigenvalue weighted by Crippen LogP contribution is -2.43. The molecule has 3 rings (SSSR count). The van der Waals surface area contributed by atoms with Gasteiger partial charge in [-0.3, -0.25) is 0 Å². The minimum atomic E-state index is -0.100. The maximum atomic E-state index is 11.5. The molecule has 1 heterocycles. The van der Waals surface area contributed by atoms with Crippen LogP contribution in [-0.4, -0.2) is 28.9 Å². The summed E-state index contributed by atoms with van der Waals surface area (Å²) in [4.78, 5) is 17.2. The van der Waals surface area contributed by atoms with Gasteiger partial charge in [-0.05, 0) is 31.6 Å². The zero-order valence-corrected chi connectivity index (χ0v) is 7.44. The van der Waals surface area contributed by atoms with Crippen molar-refractivity contribution in [2.45, 2.75) is 37.8 Å². The monoisotopic (exact) mass is 179 g/mol. The van der Waals surface area contributed by atoms with Crippen LogP contribution in [0.5, 0.6) is 0 Å². The van der Waals surface area contributed by atoms with Gasteiger partial charge in [0.2, 0.25) is 0 Å². The highest BCUT2D eigenvalue weighted by Gasteiger charge is 2.49. The predicted octanol–water partition coefficient (Wildman–Crippen LogP) is 0.720. The second-order valence-corrected chi connectivity index (χ2v) is 4.24. The number of carbonyl (C=O) groups excluding carboxylic acids is 1. The maximum absolute atomic E-state index is 11.5. The summed E-state index contributed by atoms with van der Waals surface area (Å²) in [6.45, 7) is 0. The Morgan fingerprint density at radius 2 is 2.00 bits per heavy atom. The average molecular weight is 179 g/mol. The predicted molar refractivity (Wildman–Crippen MR) is 48.4 cm³/mol. The minimum absolute atomic E-state index is 0.100. The van der Waals surface area contributed by atoms with Crippen molar-refractivity contribution in [1.82, 2.24) is 4.90 Å². The third kappa shape index (κ3) is 1.04. The summed E-state index contributed by atoms with van der Waals surface area (Å²) in [7, 11) is 0. The van der Waals surface area contributed by atoms with Crippen molar-refractivity contribution < 1.29 is 4.79 Å². The number of rotatable bonds is 2. The summed E-state index contributed by atoms with van der Waals surface area (Å²) in [5.41, 5.74) is 5.75. The van der Waals surface area contributed by atoms with E-state index in [2.05, 4.69) is 4.99 Å². The van der Waals surface area contributed by atoms with Crippen LogP contribution in [0.3, 0.4) is 0 Å². The van der Waals surface area contributed by atoms with Gasteiger partial charge >= 0.3 is 6.03 Å². The Morgan fingerprint density at radius 3 is 2.54 bits per heavy atom. The molecule has 4 nitrogen and oxygen atoms in total. The number of aliphatic imine (C=N–C) groups is 1. The van der Waals surface area contributed by atoms with E-state index in [1.165, 1.54) is 12.8 Å². The first-order chi connectivity index (χ1) is 6.27. The molecule has 0 saturated heterocycles. The van der Waals surface area contributed by atoms with Crippen LogP contribution in [0, 0.1) is 5.92 Å². The molecule has 2 N–H and O–H groups in total. The highest BCUT2D eigenvalue weighted by atomic mass is 16.2. The zero-order chi connectivity index (χ0) is 9.00. The van der Waals surface area contributed by atoms with E-state index < -0.39 is 0 Å². The number of amidine groups is 1. The fourth-order valence-electron chi connectivity index (χ4n) is 2.11. The van der Waals surface area contributed by atoms with E-state index in [-0.39, 0.29) is 12.1 Å². The van der Waals surface area contributed by atoms with Crippen molar-refractivity contribution in [3.05, 3.63) is 0 Å². The summed E-state index contributed by atoms with van der Waals surface area (Å²) in [5.74, 6) is 1.16. The normalized spacial score (nSPS) is 33.8. The fraction of sp³-hybridized carbons (Fsp3) is 0.778.